The highest BCUT2D eigenvalue weighted by molar-refractivity contribution is 5.90. The van der Waals surface area contributed by atoms with Crippen LogP contribution in [0.4, 0.5) is 5.82 Å². The van der Waals surface area contributed by atoms with Gasteiger partial charge in [0.05, 0.1) is 17.1 Å². The number of nitriles is 1. The van der Waals surface area contributed by atoms with E-state index in [0.29, 0.717) is 5.56 Å². The van der Waals surface area contributed by atoms with Gasteiger partial charge in [-0.1, -0.05) is 31.5 Å². The van der Waals surface area contributed by atoms with E-state index in [9.17, 15) is 5.26 Å². The van der Waals surface area contributed by atoms with Gasteiger partial charge in [0.1, 0.15) is 5.82 Å². The maximum atomic E-state index is 9.22. The van der Waals surface area contributed by atoms with Gasteiger partial charge in [-0.3, -0.25) is 4.68 Å². The van der Waals surface area contributed by atoms with Crippen molar-refractivity contribution in [2.45, 2.75) is 26.2 Å². The van der Waals surface area contributed by atoms with Gasteiger partial charge in [-0.05, 0) is 65.8 Å². The number of anilines is 1. The summed E-state index contributed by atoms with van der Waals surface area (Å²) in [4.78, 5) is 7.30. The van der Waals surface area contributed by atoms with Gasteiger partial charge in [-0.25, -0.2) is 4.98 Å². The summed E-state index contributed by atoms with van der Waals surface area (Å²) in [6, 6.07) is 18.6. The van der Waals surface area contributed by atoms with Crippen LogP contribution in [0.2, 0.25) is 0 Å². The van der Waals surface area contributed by atoms with Gasteiger partial charge in [0.25, 0.3) is 0 Å². The molecule has 0 spiro atoms. The number of aryl methyl sites for hydroxylation is 1. The number of piperidine rings is 1. The van der Waals surface area contributed by atoms with Gasteiger partial charge in [0.2, 0.25) is 0 Å². The molecule has 0 N–H and O–H groups in total. The number of hydrogen-bond donors (Lipinski definition) is 0. The lowest BCUT2D eigenvalue weighted by Crippen LogP contribution is -2.34. The van der Waals surface area contributed by atoms with E-state index in [1.54, 1.807) is 0 Å². The fourth-order valence-electron chi connectivity index (χ4n) is 4.70. The summed E-state index contributed by atoms with van der Waals surface area (Å²) in [6.07, 6.45) is 7.76. The van der Waals surface area contributed by atoms with Gasteiger partial charge < -0.3 is 4.90 Å². The first-order chi connectivity index (χ1) is 15.6. The Morgan fingerprint density at radius 2 is 1.75 bits per heavy atom. The minimum atomic E-state index is 0.669. The molecule has 2 aromatic heterocycles. The van der Waals surface area contributed by atoms with Crippen LogP contribution < -0.4 is 4.90 Å². The first-order valence-electron chi connectivity index (χ1n) is 11.3. The second kappa shape index (κ2) is 8.47. The van der Waals surface area contributed by atoms with Crippen molar-refractivity contribution in [1.82, 2.24) is 14.8 Å². The van der Waals surface area contributed by atoms with Crippen LogP contribution in [-0.2, 0) is 7.05 Å². The van der Waals surface area contributed by atoms with Crippen LogP contribution >= 0.6 is 0 Å². The molecule has 32 heavy (non-hydrogen) atoms. The molecule has 0 radical (unpaired) electrons. The third-order valence-corrected chi connectivity index (χ3v) is 6.66. The minimum absolute atomic E-state index is 0.669. The predicted molar refractivity (Wildman–Crippen MR) is 129 cm³/mol. The molecule has 1 aliphatic heterocycles. The zero-order chi connectivity index (χ0) is 22.1. The summed E-state index contributed by atoms with van der Waals surface area (Å²) >= 11 is 0. The Kier molecular flexibility index (Phi) is 5.36. The quantitative estimate of drug-likeness (QED) is 0.418. The standard InChI is InChI=1S/C27H27N5/c1-3-19-10-12-32(13-11-19)27-15-24(21-6-4-20(16-28)5-7-21)25(17-29-27)22-8-9-26-23(14-22)18-31(2)30-26/h4-9,14-15,17-19H,3,10-13H2,1-2H3. The third kappa shape index (κ3) is 3.85. The maximum Gasteiger partial charge on any atom is 0.129 e. The predicted octanol–water partition coefficient (Wildman–Crippen LogP) is 5.80. The molecule has 0 amide bonds. The van der Waals surface area contributed by atoms with Crippen molar-refractivity contribution < 1.29 is 0 Å². The Morgan fingerprint density at radius 3 is 2.47 bits per heavy atom. The van der Waals surface area contributed by atoms with E-state index in [1.807, 2.05) is 48.4 Å². The van der Waals surface area contributed by atoms with Crippen molar-refractivity contribution in [1.29, 1.82) is 5.26 Å². The average molecular weight is 422 g/mol. The van der Waals surface area contributed by atoms with Gasteiger partial charge in [-0.15, -0.1) is 0 Å². The first-order valence-corrected chi connectivity index (χ1v) is 11.3. The summed E-state index contributed by atoms with van der Waals surface area (Å²) in [7, 11) is 1.94. The van der Waals surface area contributed by atoms with Crippen LogP contribution in [-0.4, -0.2) is 27.9 Å². The minimum Gasteiger partial charge on any atom is -0.357 e. The van der Waals surface area contributed by atoms with Crippen molar-refractivity contribution in [2.75, 3.05) is 18.0 Å². The molecule has 3 heterocycles. The number of pyridine rings is 1. The van der Waals surface area contributed by atoms with Crippen LogP contribution in [0.5, 0.6) is 0 Å². The molecule has 2 aromatic carbocycles. The first kappa shape index (κ1) is 20.3. The fourth-order valence-corrected chi connectivity index (χ4v) is 4.70. The Bertz CT molecular complexity index is 1290. The van der Waals surface area contributed by atoms with Gasteiger partial charge >= 0.3 is 0 Å². The highest BCUT2D eigenvalue weighted by Gasteiger charge is 2.20. The van der Waals surface area contributed by atoms with E-state index < -0.39 is 0 Å². The molecule has 0 atom stereocenters. The van der Waals surface area contributed by atoms with Gasteiger partial charge in [0, 0.05) is 43.5 Å². The summed E-state index contributed by atoms with van der Waals surface area (Å²) < 4.78 is 1.84. The lowest BCUT2D eigenvalue weighted by Gasteiger charge is -2.32. The van der Waals surface area contributed by atoms with E-state index in [-0.39, 0.29) is 0 Å². The lowest BCUT2D eigenvalue weighted by atomic mass is 9.93. The van der Waals surface area contributed by atoms with E-state index in [2.05, 4.69) is 47.3 Å². The van der Waals surface area contributed by atoms with Crippen molar-refractivity contribution >= 4 is 16.7 Å². The number of hydrogen-bond acceptors (Lipinski definition) is 4. The Morgan fingerprint density at radius 1 is 1.00 bits per heavy atom. The van der Waals surface area contributed by atoms with Crippen LogP contribution in [0.3, 0.4) is 0 Å². The molecule has 0 aliphatic carbocycles. The summed E-state index contributed by atoms with van der Waals surface area (Å²) in [5.74, 6) is 1.86. The zero-order valence-electron chi connectivity index (χ0n) is 18.6. The largest absolute Gasteiger partial charge is 0.357 e. The van der Waals surface area contributed by atoms with E-state index in [4.69, 9.17) is 4.98 Å². The highest BCUT2D eigenvalue weighted by atomic mass is 15.2. The molecule has 5 heteroatoms. The summed E-state index contributed by atoms with van der Waals surface area (Å²) in [5.41, 5.74) is 6.10. The molecule has 1 saturated heterocycles. The molecule has 1 fully saturated rings. The molecular weight excluding hydrogens is 394 g/mol. The third-order valence-electron chi connectivity index (χ3n) is 6.66. The Hall–Kier alpha value is -3.65. The topological polar surface area (TPSA) is 57.7 Å². The smallest absolute Gasteiger partial charge is 0.129 e. The molecule has 0 unspecified atom stereocenters. The van der Waals surface area contributed by atoms with Crippen molar-refractivity contribution in [3.8, 4) is 28.3 Å². The lowest BCUT2D eigenvalue weighted by molar-refractivity contribution is 0.394. The number of benzene rings is 2. The number of fused-ring (bicyclic) bond motifs is 1. The van der Waals surface area contributed by atoms with Crippen molar-refractivity contribution in [2.24, 2.45) is 13.0 Å². The van der Waals surface area contributed by atoms with Crippen molar-refractivity contribution in [3.05, 3.63) is 66.5 Å². The Balaban J connectivity index is 1.59. The molecular formula is C27H27N5. The average Bonchev–Trinajstić information content (AvgIpc) is 3.23. The van der Waals surface area contributed by atoms with Gasteiger partial charge in [0.15, 0.2) is 0 Å². The fraction of sp³-hybridized carbons (Fsp3) is 0.296. The molecule has 5 rings (SSSR count). The normalized spacial score (nSPS) is 14.6. The summed E-state index contributed by atoms with van der Waals surface area (Å²) in [5, 5.41) is 14.8. The van der Waals surface area contributed by atoms with Crippen molar-refractivity contribution in [3.63, 3.8) is 0 Å². The van der Waals surface area contributed by atoms with Crippen LogP contribution in [0.15, 0.2) is 60.9 Å². The van der Waals surface area contributed by atoms with Crippen LogP contribution in [0.25, 0.3) is 33.2 Å². The molecule has 0 saturated carbocycles. The van der Waals surface area contributed by atoms with E-state index in [0.717, 1.165) is 58.0 Å². The summed E-state index contributed by atoms with van der Waals surface area (Å²) in [6.45, 7) is 4.40. The number of nitrogens with zero attached hydrogens (tertiary/aromatic N) is 5. The van der Waals surface area contributed by atoms with E-state index >= 15 is 0 Å². The van der Waals surface area contributed by atoms with Crippen LogP contribution in [0, 0.1) is 17.2 Å². The molecule has 1 aliphatic rings. The highest BCUT2D eigenvalue weighted by Crippen LogP contribution is 2.36. The molecule has 160 valence electrons. The second-order valence-electron chi connectivity index (χ2n) is 8.69. The number of rotatable bonds is 4. The zero-order valence-corrected chi connectivity index (χ0v) is 18.6. The SMILES string of the molecule is CCC1CCN(c2cc(-c3ccc(C#N)cc3)c(-c3ccc4nn(C)cc4c3)cn2)CC1. The van der Waals surface area contributed by atoms with Gasteiger partial charge in [-0.2, -0.15) is 10.4 Å². The Labute approximate surface area is 188 Å². The van der Waals surface area contributed by atoms with E-state index in [1.165, 1.54) is 19.3 Å². The molecule has 4 aromatic rings. The molecule has 5 nitrogen and oxygen atoms in total. The van der Waals surface area contributed by atoms with Crippen LogP contribution in [0.1, 0.15) is 31.7 Å². The molecule has 0 bridgehead atoms. The number of aromatic nitrogens is 3. The second-order valence-corrected chi connectivity index (χ2v) is 8.69. The maximum absolute atomic E-state index is 9.22. The monoisotopic (exact) mass is 421 g/mol.